The Morgan fingerprint density at radius 3 is 2.75 bits per heavy atom. The van der Waals surface area contributed by atoms with Crippen molar-refractivity contribution in [1.29, 1.82) is 0 Å². The molecule has 0 aliphatic heterocycles. The van der Waals surface area contributed by atoms with Crippen molar-refractivity contribution in [3.8, 4) is 10.4 Å². The van der Waals surface area contributed by atoms with E-state index in [9.17, 15) is 4.79 Å². The second-order valence-corrected chi connectivity index (χ2v) is 8.49. The summed E-state index contributed by atoms with van der Waals surface area (Å²) in [7, 11) is 0. The lowest BCUT2D eigenvalue weighted by atomic mass is 10.1. The normalized spacial score (nSPS) is 11.4. The molecule has 0 fully saturated rings. The summed E-state index contributed by atoms with van der Waals surface area (Å²) in [4.78, 5) is 17.3. The van der Waals surface area contributed by atoms with Crippen molar-refractivity contribution >= 4 is 72.8 Å². The van der Waals surface area contributed by atoms with Crippen molar-refractivity contribution in [2.45, 2.75) is 0 Å². The van der Waals surface area contributed by atoms with E-state index in [1.54, 1.807) is 24.5 Å². The topological polar surface area (TPSA) is 67.5 Å². The smallest absolute Gasteiger partial charge is 0.345 e. The van der Waals surface area contributed by atoms with Gasteiger partial charge in [0.2, 0.25) is 5.13 Å². The van der Waals surface area contributed by atoms with Gasteiger partial charge in [0.1, 0.15) is 0 Å². The van der Waals surface area contributed by atoms with Crippen LogP contribution < -0.4 is 11.1 Å². The molecule has 0 amide bonds. The number of hydrogen-bond donors (Lipinski definition) is 1. The molecule has 4 aromatic rings. The van der Waals surface area contributed by atoms with Crippen molar-refractivity contribution in [1.82, 2.24) is 4.98 Å². The summed E-state index contributed by atoms with van der Waals surface area (Å²) in [6.45, 7) is 0. The third-order valence-electron chi connectivity index (χ3n) is 3.77. The van der Waals surface area contributed by atoms with Gasteiger partial charge in [-0.1, -0.05) is 62.6 Å². The quantitative estimate of drug-likeness (QED) is 0.201. The number of hydrogen-bond acceptors (Lipinski definition) is 6. The Balaban J connectivity index is 1.59. The molecule has 0 radical (unpaired) electrons. The van der Waals surface area contributed by atoms with E-state index in [1.165, 1.54) is 17.4 Å². The zero-order valence-electron chi connectivity index (χ0n) is 13.9. The lowest BCUT2D eigenvalue weighted by Gasteiger charge is -2.02. The molecular formula is C19H10BrCl2N3O2S. The van der Waals surface area contributed by atoms with Gasteiger partial charge in [-0.05, 0) is 35.9 Å². The summed E-state index contributed by atoms with van der Waals surface area (Å²) < 4.78 is 6.37. The van der Waals surface area contributed by atoms with Gasteiger partial charge < -0.3 is 4.42 Å². The number of fused-ring (bicyclic) bond motifs is 1. The number of benzene rings is 2. The Morgan fingerprint density at radius 1 is 1.18 bits per heavy atom. The molecule has 0 saturated heterocycles. The number of hydrazone groups is 1. The summed E-state index contributed by atoms with van der Waals surface area (Å²) in [5.41, 5.74) is 4.00. The minimum atomic E-state index is -0.495. The zero-order chi connectivity index (χ0) is 19.7. The van der Waals surface area contributed by atoms with E-state index in [0.717, 1.165) is 10.0 Å². The molecule has 140 valence electrons. The van der Waals surface area contributed by atoms with Crippen LogP contribution in [0.3, 0.4) is 0 Å². The maximum absolute atomic E-state index is 12.4. The average Bonchev–Trinajstić information content (AvgIpc) is 3.12. The molecule has 5 nitrogen and oxygen atoms in total. The fraction of sp³-hybridized carbons (Fsp3) is 0. The van der Waals surface area contributed by atoms with Crippen molar-refractivity contribution in [3.63, 3.8) is 0 Å². The molecule has 9 heteroatoms. The number of anilines is 1. The van der Waals surface area contributed by atoms with Gasteiger partial charge in [-0.25, -0.2) is 9.78 Å². The second-order valence-electron chi connectivity index (χ2n) is 5.70. The third kappa shape index (κ3) is 4.12. The van der Waals surface area contributed by atoms with Gasteiger partial charge in [0.25, 0.3) is 0 Å². The highest BCUT2D eigenvalue weighted by Crippen LogP contribution is 2.32. The first-order chi connectivity index (χ1) is 13.5. The van der Waals surface area contributed by atoms with Crippen LogP contribution >= 0.6 is 50.5 Å². The van der Waals surface area contributed by atoms with Gasteiger partial charge in [0.15, 0.2) is 5.58 Å². The molecule has 0 aliphatic carbocycles. The number of halogens is 3. The monoisotopic (exact) mass is 493 g/mol. The van der Waals surface area contributed by atoms with E-state index in [4.69, 9.17) is 27.6 Å². The first-order valence-electron chi connectivity index (χ1n) is 7.93. The van der Waals surface area contributed by atoms with Crippen LogP contribution in [-0.4, -0.2) is 11.2 Å². The van der Waals surface area contributed by atoms with Crippen molar-refractivity contribution in [2.75, 3.05) is 5.43 Å². The van der Waals surface area contributed by atoms with Gasteiger partial charge in [-0.15, -0.1) is 0 Å². The summed E-state index contributed by atoms with van der Waals surface area (Å²) >= 11 is 16.8. The highest BCUT2D eigenvalue weighted by atomic mass is 79.9. The number of nitrogens with zero attached hydrogens (tertiary/aromatic N) is 2. The zero-order valence-corrected chi connectivity index (χ0v) is 17.9. The fourth-order valence-electron chi connectivity index (χ4n) is 2.49. The van der Waals surface area contributed by atoms with Crippen molar-refractivity contribution < 1.29 is 4.42 Å². The van der Waals surface area contributed by atoms with E-state index in [1.807, 2.05) is 24.3 Å². The van der Waals surface area contributed by atoms with E-state index in [2.05, 4.69) is 31.4 Å². The Labute approximate surface area is 181 Å². The summed E-state index contributed by atoms with van der Waals surface area (Å²) in [6.07, 6.45) is 3.27. The molecule has 0 atom stereocenters. The van der Waals surface area contributed by atoms with E-state index >= 15 is 0 Å². The van der Waals surface area contributed by atoms with Crippen LogP contribution in [0.15, 0.2) is 67.4 Å². The molecule has 0 aliphatic rings. The number of aromatic nitrogens is 1. The second kappa shape index (κ2) is 8.05. The molecule has 2 aromatic heterocycles. The predicted octanol–water partition coefficient (Wildman–Crippen LogP) is 6.43. The van der Waals surface area contributed by atoms with Gasteiger partial charge in [0, 0.05) is 21.1 Å². The van der Waals surface area contributed by atoms with Crippen LogP contribution in [0, 0.1) is 0 Å². The number of nitrogens with one attached hydrogen (secondary N) is 1. The molecule has 0 unspecified atom stereocenters. The first-order valence-corrected chi connectivity index (χ1v) is 10.3. The summed E-state index contributed by atoms with van der Waals surface area (Å²) in [5, 5.41) is 6.11. The highest BCUT2D eigenvalue weighted by molar-refractivity contribution is 9.10. The average molecular weight is 495 g/mol. The maximum atomic E-state index is 12.4. The van der Waals surface area contributed by atoms with Gasteiger partial charge in [0.05, 0.1) is 21.7 Å². The Morgan fingerprint density at radius 2 is 1.96 bits per heavy atom. The molecule has 1 N–H and O–H groups in total. The van der Waals surface area contributed by atoms with Crippen LogP contribution in [0.5, 0.6) is 0 Å². The van der Waals surface area contributed by atoms with E-state index in [-0.39, 0.29) is 0 Å². The Bertz CT molecular complexity index is 1250. The lowest BCUT2D eigenvalue weighted by molar-refractivity contribution is 0.564. The Hall–Kier alpha value is -2.19. The molecule has 28 heavy (non-hydrogen) atoms. The molecule has 0 bridgehead atoms. The van der Waals surface area contributed by atoms with E-state index in [0.29, 0.717) is 36.6 Å². The molecule has 4 rings (SSSR count). The van der Waals surface area contributed by atoms with Gasteiger partial charge in [-0.3, -0.25) is 5.43 Å². The fourth-order valence-corrected chi connectivity index (χ4v) is 4.07. The molecule has 0 saturated carbocycles. The highest BCUT2D eigenvalue weighted by Gasteiger charge is 2.13. The SMILES string of the molecule is O=c1oc2c(Cl)cc(Cl)cc2cc1-c1cnc(N/N=C/c2ccc(Br)cc2)s1. The standard InChI is InChI=1S/C19H10BrCl2N3O2S/c20-12-3-1-10(2-4-12)8-24-25-19-23-9-16(28-19)14-6-11-5-13(21)7-15(22)17(11)27-18(14)26/h1-9H,(H,23,25)/b24-8+. The molecule has 2 heterocycles. The van der Waals surface area contributed by atoms with Crippen LogP contribution in [0.25, 0.3) is 21.4 Å². The van der Waals surface area contributed by atoms with Crippen molar-refractivity contribution in [2.24, 2.45) is 5.10 Å². The Kier molecular flexibility index (Phi) is 5.50. The van der Waals surface area contributed by atoms with Crippen LogP contribution in [0.4, 0.5) is 5.13 Å². The predicted molar refractivity (Wildman–Crippen MR) is 119 cm³/mol. The molecule has 2 aromatic carbocycles. The van der Waals surface area contributed by atoms with Crippen LogP contribution in [0.1, 0.15) is 5.56 Å². The largest absolute Gasteiger partial charge is 0.421 e. The van der Waals surface area contributed by atoms with Crippen LogP contribution in [-0.2, 0) is 0 Å². The summed E-state index contributed by atoms with van der Waals surface area (Å²) in [5.74, 6) is 0. The third-order valence-corrected chi connectivity index (χ3v) is 5.73. The summed E-state index contributed by atoms with van der Waals surface area (Å²) in [6, 6.07) is 12.6. The minimum absolute atomic E-state index is 0.292. The number of thiazole rings is 1. The number of rotatable bonds is 4. The minimum Gasteiger partial charge on any atom is -0.421 e. The first kappa shape index (κ1) is 19.1. The van der Waals surface area contributed by atoms with Crippen LogP contribution in [0.2, 0.25) is 10.0 Å². The van der Waals surface area contributed by atoms with Crippen molar-refractivity contribution in [3.05, 3.63) is 79.2 Å². The lowest BCUT2D eigenvalue weighted by Crippen LogP contribution is -2.01. The molecular weight excluding hydrogens is 485 g/mol. The van der Waals surface area contributed by atoms with E-state index < -0.39 is 5.63 Å². The van der Waals surface area contributed by atoms with Gasteiger partial charge in [-0.2, -0.15) is 5.10 Å². The maximum Gasteiger partial charge on any atom is 0.345 e. The van der Waals surface area contributed by atoms with Gasteiger partial charge >= 0.3 is 5.63 Å². The molecule has 0 spiro atoms.